The van der Waals surface area contributed by atoms with E-state index in [2.05, 4.69) is 23.9 Å². The highest BCUT2D eigenvalue weighted by Gasteiger charge is 2.38. The lowest BCUT2D eigenvalue weighted by Crippen LogP contribution is -2.53. The molecule has 8 nitrogen and oxygen atoms in total. The molecule has 28 heavy (non-hydrogen) atoms. The van der Waals surface area contributed by atoms with Crippen molar-refractivity contribution in [3.63, 3.8) is 0 Å². The number of sulfonamides is 1. The minimum absolute atomic E-state index is 0.0860. The largest absolute Gasteiger partial charge is 0.360 e. The summed E-state index contributed by atoms with van der Waals surface area (Å²) in [5.41, 5.74) is 0.368. The molecule has 2 fully saturated rings. The van der Waals surface area contributed by atoms with E-state index >= 15 is 0 Å². The summed E-state index contributed by atoms with van der Waals surface area (Å²) in [4.78, 5) is 17.5. The summed E-state index contributed by atoms with van der Waals surface area (Å²) >= 11 is 0. The first-order valence-electron chi connectivity index (χ1n) is 10.1. The molecular formula is C19H32N4O4S. The summed E-state index contributed by atoms with van der Waals surface area (Å²) in [7, 11) is -3.70. The second kappa shape index (κ2) is 8.51. The van der Waals surface area contributed by atoms with Crippen molar-refractivity contribution in [2.45, 2.75) is 45.4 Å². The van der Waals surface area contributed by atoms with Crippen molar-refractivity contribution in [1.82, 2.24) is 19.3 Å². The molecule has 0 saturated carbocycles. The average Bonchev–Trinajstić information content (AvgIpc) is 3.00. The van der Waals surface area contributed by atoms with Gasteiger partial charge in [0, 0.05) is 45.8 Å². The Morgan fingerprint density at radius 3 is 2.43 bits per heavy atom. The molecular weight excluding hydrogens is 380 g/mol. The molecule has 158 valence electrons. The quantitative estimate of drug-likeness (QED) is 0.728. The van der Waals surface area contributed by atoms with Crippen LogP contribution in [0.25, 0.3) is 0 Å². The van der Waals surface area contributed by atoms with Crippen LogP contribution >= 0.6 is 0 Å². The van der Waals surface area contributed by atoms with Crippen molar-refractivity contribution in [2.24, 2.45) is 11.8 Å². The van der Waals surface area contributed by atoms with Gasteiger partial charge in [-0.25, -0.2) is 8.42 Å². The lowest BCUT2D eigenvalue weighted by Gasteiger charge is -2.39. The molecule has 0 radical (unpaired) electrons. The molecule has 2 saturated heterocycles. The Morgan fingerprint density at radius 2 is 1.86 bits per heavy atom. The first kappa shape index (κ1) is 21.3. The summed E-state index contributed by atoms with van der Waals surface area (Å²) in [6, 6.07) is 0. The fourth-order valence-corrected chi connectivity index (χ4v) is 6.07. The fraction of sp³-hybridized carbons (Fsp3) is 0.789. The van der Waals surface area contributed by atoms with Crippen molar-refractivity contribution in [3.8, 4) is 0 Å². The predicted octanol–water partition coefficient (Wildman–Crippen LogP) is 1.49. The van der Waals surface area contributed by atoms with E-state index in [0.717, 1.165) is 39.1 Å². The zero-order valence-electron chi connectivity index (χ0n) is 17.3. The number of carbonyl (C=O) groups excluding carboxylic acids is 1. The van der Waals surface area contributed by atoms with Crippen molar-refractivity contribution in [3.05, 3.63) is 11.5 Å². The molecule has 1 atom stereocenters. The Morgan fingerprint density at radius 1 is 1.18 bits per heavy atom. The van der Waals surface area contributed by atoms with Crippen LogP contribution in [-0.4, -0.2) is 79.4 Å². The van der Waals surface area contributed by atoms with Gasteiger partial charge >= 0.3 is 0 Å². The molecule has 2 aliphatic heterocycles. The van der Waals surface area contributed by atoms with Crippen molar-refractivity contribution >= 4 is 15.9 Å². The number of aromatic nitrogens is 1. The van der Waals surface area contributed by atoms with Crippen LogP contribution in [0.5, 0.6) is 0 Å². The number of carbonyl (C=O) groups is 1. The van der Waals surface area contributed by atoms with Gasteiger partial charge in [-0.05, 0) is 32.6 Å². The lowest BCUT2D eigenvalue weighted by atomic mass is 9.97. The molecule has 1 amide bonds. The van der Waals surface area contributed by atoms with Crippen LogP contribution in [0.15, 0.2) is 9.42 Å². The van der Waals surface area contributed by atoms with E-state index in [4.69, 9.17) is 4.52 Å². The molecule has 3 heterocycles. The highest BCUT2D eigenvalue weighted by Crippen LogP contribution is 2.28. The van der Waals surface area contributed by atoms with Crippen LogP contribution in [0, 0.1) is 25.7 Å². The molecule has 3 rings (SSSR count). The van der Waals surface area contributed by atoms with E-state index in [-0.39, 0.29) is 23.3 Å². The molecule has 0 N–H and O–H groups in total. The predicted molar refractivity (Wildman–Crippen MR) is 105 cm³/mol. The van der Waals surface area contributed by atoms with E-state index in [1.165, 1.54) is 4.31 Å². The number of piperazine rings is 1. The Balaban J connectivity index is 1.64. The van der Waals surface area contributed by atoms with E-state index in [1.807, 2.05) is 4.90 Å². The fourth-order valence-electron chi connectivity index (χ4n) is 4.26. The molecule has 1 aromatic heterocycles. The molecule has 9 heteroatoms. The third-order valence-corrected chi connectivity index (χ3v) is 7.72. The van der Waals surface area contributed by atoms with Crippen LogP contribution in [0.3, 0.4) is 0 Å². The molecule has 0 bridgehead atoms. The second-order valence-corrected chi connectivity index (χ2v) is 10.3. The Labute approximate surface area is 167 Å². The van der Waals surface area contributed by atoms with Gasteiger partial charge in [0.1, 0.15) is 10.6 Å². The molecule has 1 aromatic rings. The number of hydrogen-bond acceptors (Lipinski definition) is 6. The molecule has 0 aromatic carbocycles. The maximum Gasteiger partial charge on any atom is 0.248 e. The number of piperidine rings is 1. The third-order valence-electron chi connectivity index (χ3n) is 5.61. The van der Waals surface area contributed by atoms with Crippen molar-refractivity contribution in [2.75, 3.05) is 45.8 Å². The standard InChI is InChI=1S/C19H32N4O4S/c1-14(2)12-21-8-10-22(11-9-21)19(24)17-6-5-7-23(13-17)28(25,26)18-15(3)20-27-16(18)4/h14,17H,5-13H2,1-4H3. The van der Waals surface area contributed by atoms with Gasteiger partial charge in [-0.2, -0.15) is 4.31 Å². The second-order valence-electron chi connectivity index (χ2n) is 8.38. The smallest absolute Gasteiger partial charge is 0.248 e. The van der Waals surface area contributed by atoms with E-state index < -0.39 is 10.0 Å². The van der Waals surface area contributed by atoms with Crippen molar-refractivity contribution in [1.29, 1.82) is 0 Å². The maximum atomic E-state index is 13.1. The summed E-state index contributed by atoms with van der Waals surface area (Å²) in [5, 5.41) is 3.77. The third kappa shape index (κ3) is 4.41. The van der Waals surface area contributed by atoms with Gasteiger partial charge in [-0.3, -0.25) is 9.69 Å². The number of hydrogen-bond donors (Lipinski definition) is 0. The topological polar surface area (TPSA) is 87.0 Å². The lowest BCUT2D eigenvalue weighted by molar-refractivity contribution is -0.138. The zero-order valence-corrected chi connectivity index (χ0v) is 18.2. The minimum atomic E-state index is -3.70. The highest BCUT2D eigenvalue weighted by atomic mass is 32.2. The van der Waals surface area contributed by atoms with Crippen LogP contribution < -0.4 is 0 Å². The first-order valence-corrected chi connectivity index (χ1v) is 11.6. The van der Waals surface area contributed by atoms with E-state index in [1.54, 1.807) is 13.8 Å². The van der Waals surface area contributed by atoms with Gasteiger partial charge in [-0.15, -0.1) is 0 Å². The van der Waals surface area contributed by atoms with Crippen LogP contribution in [0.2, 0.25) is 0 Å². The summed E-state index contributed by atoms with van der Waals surface area (Å²) in [6.45, 7) is 12.6. The van der Waals surface area contributed by atoms with Crippen LogP contribution in [0.4, 0.5) is 0 Å². The van der Waals surface area contributed by atoms with Gasteiger partial charge in [-0.1, -0.05) is 19.0 Å². The average molecular weight is 413 g/mol. The van der Waals surface area contributed by atoms with E-state index in [0.29, 0.717) is 30.3 Å². The first-order chi connectivity index (χ1) is 13.2. The summed E-state index contributed by atoms with van der Waals surface area (Å²) < 4.78 is 32.6. The molecule has 0 aliphatic carbocycles. The highest BCUT2D eigenvalue weighted by molar-refractivity contribution is 7.89. The number of nitrogens with zero attached hydrogens (tertiary/aromatic N) is 4. The number of aryl methyl sites for hydroxylation is 2. The van der Waals surface area contributed by atoms with Crippen molar-refractivity contribution < 1.29 is 17.7 Å². The summed E-state index contributed by atoms with van der Waals surface area (Å²) in [6.07, 6.45) is 1.42. The van der Waals surface area contributed by atoms with Gasteiger partial charge in [0.15, 0.2) is 5.76 Å². The van der Waals surface area contributed by atoms with Gasteiger partial charge < -0.3 is 9.42 Å². The van der Waals surface area contributed by atoms with Crippen LogP contribution in [0.1, 0.15) is 38.1 Å². The van der Waals surface area contributed by atoms with Gasteiger partial charge in [0.05, 0.1) is 5.92 Å². The zero-order chi connectivity index (χ0) is 20.5. The Bertz CT molecular complexity index is 777. The molecule has 0 spiro atoms. The number of amides is 1. The molecule has 2 aliphatic rings. The molecule has 1 unspecified atom stereocenters. The van der Waals surface area contributed by atoms with Gasteiger partial charge in [0.2, 0.25) is 15.9 Å². The SMILES string of the molecule is Cc1noc(C)c1S(=O)(=O)N1CCCC(C(=O)N2CCN(CC(C)C)CC2)C1. The minimum Gasteiger partial charge on any atom is -0.360 e. The summed E-state index contributed by atoms with van der Waals surface area (Å²) in [5.74, 6) is 0.722. The Kier molecular flexibility index (Phi) is 6.46. The monoisotopic (exact) mass is 412 g/mol. The Hall–Kier alpha value is -1.45. The normalized spacial score (nSPS) is 22.8. The maximum absolute atomic E-state index is 13.1. The van der Waals surface area contributed by atoms with Crippen LogP contribution in [-0.2, 0) is 14.8 Å². The number of rotatable bonds is 5. The van der Waals surface area contributed by atoms with E-state index in [9.17, 15) is 13.2 Å². The van der Waals surface area contributed by atoms with Gasteiger partial charge in [0.25, 0.3) is 0 Å².